The third-order valence-electron chi connectivity index (χ3n) is 4.40. The van der Waals surface area contributed by atoms with Crippen LogP contribution < -0.4 is 16.0 Å². The lowest BCUT2D eigenvalue weighted by Crippen LogP contribution is -2.38. The number of carbonyl (C=O) groups is 2. The molecule has 4 heterocycles. The summed E-state index contributed by atoms with van der Waals surface area (Å²) in [7, 11) is 0. The fraction of sp³-hybridized carbons (Fsp3) is 0.176. The molecule has 0 aliphatic carbocycles. The molecular formula is C17H16N6O4. The van der Waals surface area contributed by atoms with Crippen LogP contribution in [0.2, 0.25) is 0 Å². The van der Waals surface area contributed by atoms with Crippen molar-refractivity contribution in [2.45, 2.75) is 18.8 Å². The van der Waals surface area contributed by atoms with Gasteiger partial charge in [0.25, 0.3) is 0 Å². The molecule has 0 spiro atoms. The van der Waals surface area contributed by atoms with E-state index in [-0.39, 0.29) is 12.0 Å². The number of primary amides is 1. The van der Waals surface area contributed by atoms with Gasteiger partial charge in [-0.15, -0.1) is 0 Å². The Morgan fingerprint density at radius 2 is 2.22 bits per heavy atom. The molecule has 3 aromatic rings. The number of nitrogens with zero attached hydrogens (tertiary/aromatic N) is 4. The van der Waals surface area contributed by atoms with E-state index in [9.17, 15) is 14.7 Å². The summed E-state index contributed by atoms with van der Waals surface area (Å²) in [4.78, 5) is 33.7. The number of hydrogen-bond donors (Lipinski definition) is 3. The average Bonchev–Trinajstić information content (AvgIpc) is 3.38. The van der Waals surface area contributed by atoms with Gasteiger partial charge >= 0.3 is 5.97 Å². The van der Waals surface area contributed by atoms with E-state index in [1.807, 2.05) is 0 Å². The van der Waals surface area contributed by atoms with Gasteiger partial charge in [-0.25, -0.2) is 14.8 Å². The highest BCUT2D eigenvalue weighted by Crippen LogP contribution is 2.46. The quantitative estimate of drug-likeness (QED) is 0.596. The van der Waals surface area contributed by atoms with Gasteiger partial charge in [0.1, 0.15) is 12.3 Å². The summed E-state index contributed by atoms with van der Waals surface area (Å²) < 4.78 is 6.89. The van der Waals surface area contributed by atoms with E-state index >= 15 is 0 Å². The van der Waals surface area contributed by atoms with E-state index in [4.69, 9.17) is 10.2 Å². The van der Waals surface area contributed by atoms with Crippen LogP contribution in [0.3, 0.4) is 0 Å². The van der Waals surface area contributed by atoms with Crippen molar-refractivity contribution >= 4 is 23.4 Å². The molecule has 0 fully saturated rings. The highest BCUT2D eigenvalue weighted by Gasteiger charge is 2.40. The molecule has 2 atom stereocenters. The number of fused-ring (bicyclic) bond motifs is 1. The van der Waals surface area contributed by atoms with E-state index in [0.29, 0.717) is 11.5 Å². The Balaban J connectivity index is 1.90. The second-order valence-electron chi connectivity index (χ2n) is 6.03. The van der Waals surface area contributed by atoms with Crippen molar-refractivity contribution in [1.29, 1.82) is 0 Å². The molecule has 27 heavy (non-hydrogen) atoms. The van der Waals surface area contributed by atoms with Crippen molar-refractivity contribution in [3.05, 3.63) is 60.7 Å². The molecule has 3 aromatic heterocycles. The molecule has 10 heteroatoms. The largest absolute Gasteiger partial charge is 0.478 e. The van der Waals surface area contributed by atoms with Crippen LogP contribution in [0.25, 0.3) is 0 Å². The average molecular weight is 368 g/mol. The molecule has 1 amide bonds. The number of rotatable bonds is 6. The Kier molecular flexibility index (Phi) is 3.99. The van der Waals surface area contributed by atoms with Gasteiger partial charge in [0, 0.05) is 24.2 Å². The number of pyridine rings is 1. The van der Waals surface area contributed by atoms with Gasteiger partial charge in [0.05, 0.1) is 36.5 Å². The third-order valence-corrected chi connectivity index (χ3v) is 4.40. The van der Waals surface area contributed by atoms with Gasteiger partial charge in [0.2, 0.25) is 5.91 Å². The zero-order chi connectivity index (χ0) is 19.0. The molecular weight excluding hydrogens is 352 g/mol. The summed E-state index contributed by atoms with van der Waals surface area (Å²) in [6.45, 7) is 0. The maximum Gasteiger partial charge on any atom is 0.338 e. The molecule has 138 valence electrons. The molecule has 0 bridgehead atoms. The van der Waals surface area contributed by atoms with Gasteiger partial charge in [0.15, 0.2) is 5.82 Å². The van der Waals surface area contributed by atoms with Crippen molar-refractivity contribution in [1.82, 2.24) is 14.5 Å². The number of amides is 1. The lowest BCUT2D eigenvalue weighted by molar-refractivity contribution is -0.118. The summed E-state index contributed by atoms with van der Waals surface area (Å²) in [5.74, 6) is -1.23. The van der Waals surface area contributed by atoms with Crippen LogP contribution in [0.1, 0.15) is 34.7 Å². The van der Waals surface area contributed by atoms with Crippen molar-refractivity contribution in [3.8, 4) is 0 Å². The number of nitrogens with two attached hydrogens (primary N) is 1. The van der Waals surface area contributed by atoms with Crippen LogP contribution in [0.5, 0.6) is 0 Å². The minimum absolute atomic E-state index is 0.0558. The number of carbonyl (C=O) groups excluding carboxylic acids is 1. The first-order chi connectivity index (χ1) is 13.1. The zero-order valence-electron chi connectivity index (χ0n) is 14.0. The van der Waals surface area contributed by atoms with Gasteiger partial charge in [-0.1, -0.05) is 0 Å². The highest BCUT2D eigenvalue weighted by atomic mass is 16.4. The van der Waals surface area contributed by atoms with E-state index in [1.54, 1.807) is 40.5 Å². The fourth-order valence-electron chi connectivity index (χ4n) is 3.29. The van der Waals surface area contributed by atoms with Crippen molar-refractivity contribution in [2.75, 3.05) is 10.2 Å². The van der Waals surface area contributed by atoms with Crippen LogP contribution in [-0.4, -0.2) is 31.5 Å². The summed E-state index contributed by atoms with van der Waals surface area (Å²) in [6, 6.07) is 3.18. The lowest BCUT2D eigenvalue weighted by Gasteiger charge is -2.34. The number of furan rings is 1. The maximum atomic E-state index is 11.8. The van der Waals surface area contributed by atoms with Gasteiger partial charge in [-0.3, -0.25) is 4.79 Å². The first-order valence-corrected chi connectivity index (χ1v) is 8.11. The molecule has 0 aromatic carbocycles. The minimum atomic E-state index is -1.10. The topological polar surface area (TPSA) is 140 Å². The summed E-state index contributed by atoms with van der Waals surface area (Å²) >= 11 is 0. The smallest absolute Gasteiger partial charge is 0.338 e. The number of carboxylic acids is 1. The molecule has 1 aliphatic heterocycles. The summed E-state index contributed by atoms with van der Waals surface area (Å²) in [5, 5.41) is 12.9. The number of hydrogen-bond acceptors (Lipinski definition) is 7. The molecule has 0 saturated heterocycles. The lowest BCUT2D eigenvalue weighted by atomic mass is 10.1. The molecule has 1 aliphatic rings. The number of imidazole rings is 1. The Labute approximate surface area is 153 Å². The molecule has 0 saturated carbocycles. The molecule has 2 unspecified atom stereocenters. The van der Waals surface area contributed by atoms with E-state index < -0.39 is 24.2 Å². The Morgan fingerprint density at radius 1 is 1.37 bits per heavy atom. The van der Waals surface area contributed by atoms with Gasteiger partial charge in [-0.05, 0) is 12.1 Å². The van der Waals surface area contributed by atoms with E-state index in [0.717, 1.165) is 5.56 Å². The number of nitrogens with one attached hydrogen (secondary N) is 1. The molecule has 4 N–H and O–H groups in total. The summed E-state index contributed by atoms with van der Waals surface area (Å²) in [6.07, 6.45) is 8.14. The van der Waals surface area contributed by atoms with Gasteiger partial charge in [-0.2, -0.15) is 0 Å². The number of carboxylic acid groups (broad SMARTS) is 1. The SMILES string of the molecule is NC(=O)CC(N1c2c(C(=O)O)ccnc2NC1c1ccoc1)n1ccnc1. The molecule has 0 radical (unpaired) electrons. The summed E-state index contributed by atoms with van der Waals surface area (Å²) in [5.41, 5.74) is 6.66. The monoisotopic (exact) mass is 368 g/mol. The predicted molar refractivity (Wildman–Crippen MR) is 93.8 cm³/mol. The second kappa shape index (κ2) is 6.48. The Bertz CT molecular complexity index is 969. The maximum absolute atomic E-state index is 11.8. The fourth-order valence-corrected chi connectivity index (χ4v) is 3.29. The molecule has 4 rings (SSSR count). The van der Waals surface area contributed by atoms with E-state index in [2.05, 4.69) is 15.3 Å². The van der Waals surface area contributed by atoms with Gasteiger partial charge < -0.3 is 30.0 Å². The number of aromatic nitrogens is 3. The minimum Gasteiger partial charge on any atom is -0.478 e. The van der Waals surface area contributed by atoms with Crippen molar-refractivity contribution in [2.24, 2.45) is 5.73 Å². The Morgan fingerprint density at radius 3 is 2.85 bits per heavy atom. The molecule has 10 nitrogen and oxygen atoms in total. The highest BCUT2D eigenvalue weighted by molar-refractivity contribution is 5.99. The van der Waals surface area contributed by atoms with Crippen LogP contribution in [0.15, 0.2) is 54.0 Å². The first kappa shape index (κ1) is 16.6. The third kappa shape index (κ3) is 2.86. The Hall–Kier alpha value is -3.82. The van der Waals surface area contributed by atoms with Crippen LogP contribution in [0, 0.1) is 0 Å². The first-order valence-electron chi connectivity index (χ1n) is 8.11. The van der Waals surface area contributed by atoms with Crippen LogP contribution >= 0.6 is 0 Å². The van der Waals surface area contributed by atoms with Crippen LogP contribution in [0.4, 0.5) is 11.5 Å². The standard InChI is InChI=1S/C17H16N6O4/c18-12(24)7-13(22-5-4-19-9-22)23-14-11(17(25)26)1-3-20-15(14)21-16(23)10-2-6-27-8-10/h1-6,8-9,13,16H,7H2,(H2,18,24)(H,20,21)(H,25,26). The zero-order valence-corrected chi connectivity index (χ0v) is 14.0. The normalized spacial score (nSPS) is 16.6. The van der Waals surface area contributed by atoms with Crippen LogP contribution in [-0.2, 0) is 4.79 Å². The number of aromatic carboxylic acids is 1. The predicted octanol–water partition coefficient (Wildman–Crippen LogP) is 1.57. The number of anilines is 2. The van der Waals surface area contributed by atoms with Crippen molar-refractivity contribution in [3.63, 3.8) is 0 Å². The van der Waals surface area contributed by atoms with Crippen molar-refractivity contribution < 1.29 is 19.1 Å². The van der Waals surface area contributed by atoms with E-state index in [1.165, 1.54) is 18.5 Å². The second-order valence-corrected chi connectivity index (χ2v) is 6.03.